The summed E-state index contributed by atoms with van der Waals surface area (Å²) in [4.78, 5) is 17.1. The Morgan fingerprint density at radius 1 is 1.37 bits per heavy atom. The number of aliphatic carboxylic acids is 1. The average molecular weight is 260 g/mol. The van der Waals surface area contributed by atoms with Gasteiger partial charge in [-0.2, -0.15) is 0 Å². The van der Waals surface area contributed by atoms with Gasteiger partial charge in [-0.3, -0.25) is 0 Å². The quantitative estimate of drug-likeness (QED) is 0.835. The Hall–Kier alpha value is -1.88. The third-order valence-corrected chi connectivity index (χ3v) is 3.56. The van der Waals surface area contributed by atoms with Crippen LogP contribution in [-0.2, 0) is 9.53 Å². The van der Waals surface area contributed by atoms with Crippen molar-refractivity contribution in [3.63, 3.8) is 0 Å². The van der Waals surface area contributed by atoms with Crippen molar-refractivity contribution in [3.8, 4) is 0 Å². The lowest BCUT2D eigenvalue weighted by Crippen LogP contribution is -2.43. The molecular formula is C14H16N2O3. The fraction of sp³-hybridized carbons (Fsp3) is 0.429. The van der Waals surface area contributed by atoms with E-state index in [9.17, 15) is 4.79 Å². The molecule has 2 aliphatic heterocycles. The summed E-state index contributed by atoms with van der Waals surface area (Å²) in [5.41, 5.74) is 0.794. The van der Waals surface area contributed by atoms with Crippen LogP contribution in [0.15, 0.2) is 24.4 Å². The van der Waals surface area contributed by atoms with Crippen molar-refractivity contribution in [1.29, 1.82) is 0 Å². The van der Waals surface area contributed by atoms with Gasteiger partial charge in [0.15, 0.2) is 0 Å². The molecule has 0 spiro atoms. The summed E-state index contributed by atoms with van der Waals surface area (Å²) in [5.74, 6) is -0.0125. The molecule has 1 aromatic rings. The van der Waals surface area contributed by atoms with Crippen LogP contribution >= 0.6 is 0 Å². The topological polar surface area (TPSA) is 62.7 Å². The van der Waals surface area contributed by atoms with E-state index in [-0.39, 0.29) is 0 Å². The van der Waals surface area contributed by atoms with E-state index in [0.29, 0.717) is 12.2 Å². The Labute approximate surface area is 111 Å². The number of rotatable bonds is 3. The number of carbonyl (C=O) groups is 1. The molecule has 0 amide bonds. The van der Waals surface area contributed by atoms with Gasteiger partial charge >= 0.3 is 5.97 Å². The van der Waals surface area contributed by atoms with E-state index in [1.54, 1.807) is 12.3 Å². The number of carboxylic acid groups (broad SMARTS) is 1. The Kier molecular flexibility index (Phi) is 3.21. The first-order valence-corrected chi connectivity index (χ1v) is 6.48. The summed E-state index contributed by atoms with van der Waals surface area (Å²) >= 11 is 0. The minimum Gasteiger partial charge on any atom is -0.478 e. The second-order valence-corrected chi connectivity index (χ2v) is 4.98. The van der Waals surface area contributed by atoms with E-state index in [0.717, 1.165) is 43.4 Å². The molecule has 1 N–H and O–H groups in total. The molecule has 2 unspecified atom stereocenters. The largest absolute Gasteiger partial charge is 0.478 e. The van der Waals surface area contributed by atoms with Gasteiger partial charge in [-0.05, 0) is 36.6 Å². The van der Waals surface area contributed by atoms with Crippen LogP contribution < -0.4 is 4.90 Å². The van der Waals surface area contributed by atoms with Crippen LogP contribution in [0.2, 0.25) is 0 Å². The molecule has 5 heteroatoms. The fourth-order valence-electron chi connectivity index (χ4n) is 2.65. The molecule has 0 saturated carbocycles. The zero-order valence-corrected chi connectivity index (χ0v) is 10.5. The number of morpholine rings is 1. The number of hydrogen-bond donors (Lipinski definition) is 1. The van der Waals surface area contributed by atoms with Crippen molar-refractivity contribution in [2.45, 2.75) is 25.0 Å². The minimum atomic E-state index is -0.950. The van der Waals surface area contributed by atoms with Gasteiger partial charge in [-0.1, -0.05) is 0 Å². The maximum absolute atomic E-state index is 10.4. The van der Waals surface area contributed by atoms with Gasteiger partial charge < -0.3 is 14.7 Å². The second kappa shape index (κ2) is 5.01. The Bertz CT molecular complexity index is 486. The minimum absolute atomic E-state index is 0.340. The van der Waals surface area contributed by atoms with Crippen molar-refractivity contribution in [1.82, 2.24) is 4.98 Å². The number of hydrogen-bond acceptors (Lipinski definition) is 4. The molecule has 2 aliphatic rings. The predicted octanol–water partition coefficient (Wildman–Crippen LogP) is 1.55. The van der Waals surface area contributed by atoms with Crippen molar-refractivity contribution in [2.75, 3.05) is 18.0 Å². The van der Waals surface area contributed by atoms with Crippen LogP contribution in [0.3, 0.4) is 0 Å². The maximum Gasteiger partial charge on any atom is 0.328 e. The highest BCUT2D eigenvalue weighted by Crippen LogP contribution is 2.28. The number of fused-ring (bicyclic) bond motifs is 2. The highest BCUT2D eigenvalue weighted by molar-refractivity contribution is 5.85. The molecule has 19 heavy (non-hydrogen) atoms. The first kappa shape index (κ1) is 12.2. The molecule has 1 aromatic heterocycles. The van der Waals surface area contributed by atoms with Gasteiger partial charge in [0, 0.05) is 25.4 Å². The number of nitrogens with zero attached hydrogens (tertiary/aromatic N) is 2. The summed E-state index contributed by atoms with van der Waals surface area (Å²) in [6.07, 6.45) is 7.32. The molecule has 0 aliphatic carbocycles. The van der Waals surface area contributed by atoms with Crippen LogP contribution in [0, 0.1) is 0 Å². The van der Waals surface area contributed by atoms with Crippen LogP contribution in [0.25, 0.3) is 6.08 Å². The molecule has 100 valence electrons. The van der Waals surface area contributed by atoms with Gasteiger partial charge in [0.1, 0.15) is 5.82 Å². The molecule has 0 radical (unpaired) electrons. The van der Waals surface area contributed by atoms with E-state index in [2.05, 4.69) is 9.88 Å². The zero-order valence-electron chi connectivity index (χ0n) is 10.5. The normalized spacial score (nSPS) is 26.0. The van der Waals surface area contributed by atoms with Crippen LogP contribution in [-0.4, -0.2) is 41.4 Å². The lowest BCUT2D eigenvalue weighted by molar-refractivity contribution is -0.131. The van der Waals surface area contributed by atoms with Gasteiger partial charge in [0.2, 0.25) is 0 Å². The highest BCUT2D eigenvalue weighted by atomic mass is 16.5. The highest BCUT2D eigenvalue weighted by Gasteiger charge is 2.34. The summed E-state index contributed by atoms with van der Waals surface area (Å²) < 4.78 is 5.79. The first-order chi connectivity index (χ1) is 9.20. The molecule has 2 bridgehead atoms. The number of anilines is 1. The molecule has 2 saturated heterocycles. The number of carboxylic acids is 1. The van der Waals surface area contributed by atoms with Crippen molar-refractivity contribution in [3.05, 3.63) is 30.0 Å². The molecule has 5 nitrogen and oxygen atoms in total. The monoisotopic (exact) mass is 260 g/mol. The molecule has 2 fully saturated rings. The van der Waals surface area contributed by atoms with Crippen LogP contribution in [0.4, 0.5) is 5.82 Å². The Balaban J connectivity index is 1.70. The fourth-order valence-corrected chi connectivity index (χ4v) is 2.65. The standard InChI is InChI=1S/C14H16N2O3/c17-14(18)6-2-10-1-5-13(15-7-10)16-8-11-3-4-12(9-16)19-11/h1-2,5-7,11-12H,3-4,8-9H2,(H,17,18)/b6-2+. The molecule has 3 heterocycles. The second-order valence-electron chi connectivity index (χ2n) is 4.98. The van der Waals surface area contributed by atoms with Gasteiger partial charge in [0.05, 0.1) is 12.2 Å². The third-order valence-electron chi connectivity index (χ3n) is 3.56. The third kappa shape index (κ3) is 2.76. The van der Waals surface area contributed by atoms with Crippen molar-refractivity contribution >= 4 is 17.9 Å². The molecule has 3 rings (SSSR count). The first-order valence-electron chi connectivity index (χ1n) is 6.48. The van der Waals surface area contributed by atoms with E-state index >= 15 is 0 Å². The van der Waals surface area contributed by atoms with Crippen LogP contribution in [0.5, 0.6) is 0 Å². The Morgan fingerprint density at radius 3 is 2.68 bits per heavy atom. The zero-order chi connectivity index (χ0) is 13.2. The SMILES string of the molecule is O=C(O)/C=C/c1ccc(N2CC3CCC(C2)O3)nc1. The number of aromatic nitrogens is 1. The van der Waals surface area contributed by atoms with E-state index in [1.807, 2.05) is 12.1 Å². The lowest BCUT2D eigenvalue weighted by Gasteiger charge is -2.32. The maximum atomic E-state index is 10.4. The predicted molar refractivity (Wildman–Crippen MR) is 71.0 cm³/mol. The summed E-state index contributed by atoms with van der Waals surface area (Å²) in [7, 11) is 0. The van der Waals surface area contributed by atoms with Crippen molar-refractivity contribution in [2.24, 2.45) is 0 Å². The van der Waals surface area contributed by atoms with Gasteiger partial charge in [0.25, 0.3) is 0 Å². The van der Waals surface area contributed by atoms with Gasteiger partial charge in [-0.25, -0.2) is 9.78 Å². The van der Waals surface area contributed by atoms with E-state index in [1.165, 1.54) is 0 Å². The number of pyridine rings is 1. The van der Waals surface area contributed by atoms with Crippen molar-refractivity contribution < 1.29 is 14.6 Å². The summed E-state index contributed by atoms with van der Waals surface area (Å²) in [6.45, 7) is 1.79. The smallest absolute Gasteiger partial charge is 0.328 e. The summed E-state index contributed by atoms with van der Waals surface area (Å²) in [6, 6.07) is 3.82. The summed E-state index contributed by atoms with van der Waals surface area (Å²) in [5, 5.41) is 8.57. The average Bonchev–Trinajstić information content (AvgIpc) is 2.76. The van der Waals surface area contributed by atoms with E-state index < -0.39 is 5.97 Å². The van der Waals surface area contributed by atoms with Gasteiger partial charge in [-0.15, -0.1) is 0 Å². The molecule has 2 atom stereocenters. The molecular weight excluding hydrogens is 244 g/mol. The molecule has 0 aromatic carbocycles. The number of ether oxygens (including phenoxy) is 1. The van der Waals surface area contributed by atoms with Crippen LogP contribution in [0.1, 0.15) is 18.4 Å². The Morgan fingerprint density at radius 2 is 2.11 bits per heavy atom. The van der Waals surface area contributed by atoms with E-state index in [4.69, 9.17) is 9.84 Å². The lowest BCUT2D eigenvalue weighted by atomic mass is 10.2.